The highest BCUT2D eigenvalue weighted by atomic mass is 16.2. The second-order valence-electron chi connectivity index (χ2n) is 7.89. The molecule has 1 aliphatic carbocycles. The summed E-state index contributed by atoms with van der Waals surface area (Å²) in [6.07, 6.45) is 6.19. The Kier molecular flexibility index (Phi) is 5.39. The lowest BCUT2D eigenvalue weighted by Gasteiger charge is -2.19. The van der Waals surface area contributed by atoms with E-state index in [2.05, 4.69) is 20.2 Å². The number of fused-ring (bicyclic) bond motifs is 1. The summed E-state index contributed by atoms with van der Waals surface area (Å²) in [7, 11) is 3.53. The normalized spacial score (nSPS) is 14.1. The van der Waals surface area contributed by atoms with Gasteiger partial charge in [-0.3, -0.25) is 9.59 Å². The van der Waals surface area contributed by atoms with Crippen molar-refractivity contribution in [2.24, 2.45) is 0 Å². The molecule has 0 spiro atoms. The molecule has 156 valence electrons. The lowest BCUT2D eigenvalue weighted by atomic mass is 10.2. The SMILES string of the molecule is CC(=O)Nc1ccc(Nc2ncc3cc(C(=O)N(C)C)n(C4CCCC4)c3n2)cc1. The van der Waals surface area contributed by atoms with Crippen LogP contribution in [0.4, 0.5) is 17.3 Å². The van der Waals surface area contributed by atoms with Gasteiger partial charge in [0.2, 0.25) is 11.9 Å². The molecule has 0 radical (unpaired) electrons. The van der Waals surface area contributed by atoms with Gasteiger partial charge in [-0.2, -0.15) is 4.98 Å². The van der Waals surface area contributed by atoms with Crippen LogP contribution in [0.1, 0.15) is 49.1 Å². The molecule has 30 heavy (non-hydrogen) atoms. The first-order chi connectivity index (χ1) is 14.4. The van der Waals surface area contributed by atoms with E-state index in [1.807, 2.05) is 30.3 Å². The molecule has 0 aliphatic heterocycles. The first-order valence-corrected chi connectivity index (χ1v) is 10.2. The van der Waals surface area contributed by atoms with Crippen LogP contribution in [0.25, 0.3) is 11.0 Å². The molecule has 3 aromatic rings. The molecule has 0 unspecified atom stereocenters. The molecule has 8 nitrogen and oxygen atoms in total. The number of nitrogens with one attached hydrogen (secondary N) is 2. The average Bonchev–Trinajstić information content (AvgIpc) is 3.35. The van der Waals surface area contributed by atoms with E-state index in [0.717, 1.165) is 48.1 Å². The molecule has 0 bridgehead atoms. The van der Waals surface area contributed by atoms with E-state index in [1.165, 1.54) is 6.92 Å². The summed E-state index contributed by atoms with van der Waals surface area (Å²) in [5.74, 6) is 0.333. The molecule has 0 saturated heterocycles. The van der Waals surface area contributed by atoms with Crippen LogP contribution < -0.4 is 10.6 Å². The summed E-state index contributed by atoms with van der Waals surface area (Å²) in [5.41, 5.74) is 2.98. The van der Waals surface area contributed by atoms with Crippen molar-refractivity contribution in [1.82, 2.24) is 19.4 Å². The number of benzene rings is 1. The lowest BCUT2D eigenvalue weighted by molar-refractivity contribution is -0.114. The molecule has 0 atom stereocenters. The van der Waals surface area contributed by atoms with Crippen molar-refractivity contribution in [3.8, 4) is 0 Å². The second-order valence-corrected chi connectivity index (χ2v) is 7.89. The van der Waals surface area contributed by atoms with Gasteiger partial charge in [-0.15, -0.1) is 0 Å². The van der Waals surface area contributed by atoms with Gasteiger partial charge < -0.3 is 20.1 Å². The Labute approximate surface area is 175 Å². The summed E-state index contributed by atoms with van der Waals surface area (Å²) in [4.78, 5) is 34.7. The minimum Gasteiger partial charge on any atom is -0.343 e. The van der Waals surface area contributed by atoms with Crippen molar-refractivity contribution >= 4 is 40.2 Å². The first kappa shape index (κ1) is 19.9. The van der Waals surface area contributed by atoms with Crippen LogP contribution in [0.5, 0.6) is 0 Å². The predicted molar refractivity (Wildman–Crippen MR) is 117 cm³/mol. The average molecular weight is 406 g/mol. The van der Waals surface area contributed by atoms with Crippen molar-refractivity contribution in [2.75, 3.05) is 24.7 Å². The van der Waals surface area contributed by atoms with E-state index < -0.39 is 0 Å². The Morgan fingerprint density at radius 1 is 1.10 bits per heavy atom. The number of amides is 2. The molecule has 1 aromatic carbocycles. The number of nitrogens with zero attached hydrogens (tertiary/aromatic N) is 4. The van der Waals surface area contributed by atoms with E-state index >= 15 is 0 Å². The van der Waals surface area contributed by atoms with Gasteiger partial charge in [0.15, 0.2) is 0 Å². The molecule has 8 heteroatoms. The molecule has 2 aromatic heterocycles. The van der Waals surface area contributed by atoms with Gasteiger partial charge in [-0.1, -0.05) is 12.8 Å². The van der Waals surface area contributed by atoms with Gasteiger partial charge in [0.05, 0.1) is 0 Å². The summed E-state index contributed by atoms with van der Waals surface area (Å²) in [6, 6.07) is 9.52. The lowest BCUT2D eigenvalue weighted by Crippen LogP contribution is -2.25. The van der Waals surface area contributed by atoms with Crippen LogP contribution in [0.3, 0.4) is 0 Å². The Balaban J connectivity index is 1.68. The van der Waals surface area contributed by atoms with Crippen molar-refractivity contribution in [1.29, 1.82) is 0 Å². The third-order valence-corrected chi connectivity index (χ3v) is 5.35. The smallest absolute Gasteiger partial charge is 0.270 e. The van der Waals surface area contributed by atoms with Gasteiger partial charge in [0.25, 0.3) is 5.91 Å². The van der Waals surface area contributed by atoms with E-state index in [9.17, 15) is 9.59 Å². The fourth-order valence-electron chi connectivity index (χ4n) is 3.96. The van der Waals surface area contributed by atoms with E-state index in [0.29, 0.717) is 11.6 Å². The van der Waals surface area contributed by atoms with Crippen LogP contribution in [0.2, 0.25) is 0 Å². The Bertz CT molecular complexity index is 1080. The summed E-state index contributed by atoms with van der Waals surface area (Å²) in [6.45, 7) is 1.48. The number of carbonyl (C=O) groups excluding carboxylic acids is 2. The first-order valence-electron chi connectivity index (χ1n) is 10.2. The highest BCUT2D eigenvalue weighted by Crippen LogP contribution is 2.35. The van der Waals surface area contributed by atoms with Crippen LogP contribution in [0, 0.1) is 0 Å². The summed E-state index contributed by atoms with van der Waals surface area (Å²) < 4.78 is 2.09. The molecular weight excluding hydrogens is 380 g/mol. The molecule has 1 fully saturated rings. The standard InChI is InChI=1S/C22H26N6O2/c1-14(29)24-16-8-10-17(11-9-16)25-22-23-13-15-12-19(21(30)27(2)3)28(20(15)26-22)18-6-4-5-7-18/h8-13,18H,4-7H2,1-3H3,(H,24,29)(H,23,25,26). The van der Waals surface area contributed by atoms with Crippen molar-refractivity contribution < 1.29 is 9.59 Å². The fourth-order valence-corrected chi connectivity index (χ4v) is 3.96. The Morgan fingerprint density at radius 2 is 1.77 bits per heavy atom. The van der Waals surface area contributed by atoms with E-state index in [1.54, 1.807) is 25.2 Å². The maximum absolute atomic E-state index is 12.8. The zero-order valence-electron chi connectivity index (χ0n) is 17.5. The highest BCUT2D eigenvalue weighted by molar-refractivity contribution is 5.98. The van der Waals surface area contributed by atoms with Crippen molar-refractivity contribution in [3.63, 3.8) is 0 Å². The molecular formula is C22H26N6O2. The number of rotatable bonds is 5. The molecule has 1 aliphatic rings. The Morgan fingerprint density at radius 3 is 2.40 bits per heavy atom. The minimum absolute atomic E-state index is 0.0250. The third kappa shape index (κ3) is 3.98. The maximum Gasteiger partial charge on any atom is 0.270 e. The van der Waals surface area contributed by atoms with Crippen LogP contribution in [-0.2, 0) is 4.79 Å². The van der Waals surface area contributed by atoms with E-state index in [4.69, 9.17) is 4.98 Å². The molecule has 2 heterocycles. The van der Waals surface area contributed by atoms with Crippen LogP contribution in [0.15, 0.2) is 36.5 Å². The molecule has 4 rings (SSSR count). The number of carbonyl (C=O) groups is 2. The van der Waals surface area contributed by atoms with Crippen LogP contribution >= 0.6 is 0 Å². The fraction of sp³-hybridized carbons (Fsp3) is 0.364. The second kappa shape index (κ2) is 8.14. The van der Waals surface area contributed by atoms with Gasteiger partial charge in [0, 0.05) is 50.0 Å². The van der Waals surface area contributed by atoms with Gasteiger partial charge >= 0.3 is 0 Å². The maximum atomic E-state index is 12.8. The molecule has 2 N–H and O–H groups in total. The molecule has 2 amide bonds. The summed E-state index contributed by atoms with van der Waals surface area (Å²) in [5, 5.41) is 6.82. The number of hydrogen-bond donors (Lipinski definition) is 2. The zero-order chi connectivity index (χ0) is 21.3. The number of anilines is 3. The third-order valence-electron chi connectivity index (χ3n) is 5.35. The number of aromatic nitrogens is 3. The van der Waals surface area contributed by atoms with Crippen LogP contribution in [-0.4, -0.2) is 45.3 Å². The van der Waals surface area contributed by atoms with Crippen molar-refractivity contribution in [3.05, 3.63) is 42.2 Å². The van der Waals surface area contributed by atoms with Gasteiger partial charge in [-0.05, 0) is 43.2 Å². The summed E-state index contributed by atoms with van der Waals surface area (Å²) >= 11 is 0. The number of hydrogen-bond acceptors (Lipinski definition) is 5. The Hall–Kier alpha value is -3.42. The molecule has 1 saturated carbocycles. The largest absolute Gasteiger partial charge is 0.343 e. The quantitative estimate of drug-likeness (QED) is 0.669. The highest BCUT2D eigenvalue weighted by Gasteiger charge is 2.26. The van der Waals surface area contributed by atoms with Crippen molar-refractivity contribution in [2.45, 2.75) is 38.6 Å². The minimum atomic E-state index is -0.111. The monoisotopic (exact) mass is 406 g/mol. The topological polar surface area (TPSA) is 92.1 Å². The van der Waals surface area contributed by atoms with E-state index in [-0.39, 0.29) is 17.9 Å². The zero-order valence-corrected chi connectivity index (χ0v) is 17.5. The van der Waals surface area contributed by atoms with Gasteiger partial charge in [0.1, 0.15) is 11.3 Å². The van der Waals surface area contributed by atoms with Gasteiger partial charge in [-0.25, -0.2) is 4.98 Å². The predicted octanol–water partition coefficient (Wildman–Crippen LogP) is 3.95.